The fourth-order valence-electron chi connectivity index (χ4n) is 2.12. The summed E-state index contributed by atoms with van der Waals surface area (Å²) < 4.78 is 45.2. The largest absolute Gasteiger partial charge is 0.573 e. The van der Waals surface area contributed by atoms with E-state index in [0.29, 0.717) is 0 Å². The average molecular weight is 370 g/mol. The van der Waals surface area contributed by atoms with Crippen molar-refractivity contribution >= 4 is 17.5 Å². The molecule has 0 fully saturated rings. The fourth-order valence-corrected chi connectivity index (χ4v) is 2.12. The standard InChI is InChI=1S/C17H17F3N2O4/c1-10(2)14(22-15(23)13-4-3-9-25-13)16(24)21-11-5-7-12(8-6-11)26-17(18,19)20/h3-10,14H,1-2H3,(H,21,24)(H,22,23)/t14-/m0/s1. The Bertz CT molecular complexity index is 740. The van der Waals surface area contributed by atoms with Crippen LogP contribution in [0.4, 0.5) is 18.9 Å². The Labute approximate surface area is 147 Å². The highest BCUT2D eigenvalue weighted by Gasteiger charge is 2.31. The lowest BCUT2D eigenvalue weighted by Gasteiger charge is -2.21. The van der Waals surface area contributed by atoms with E-state index in [9.17, 15) is 22.8 Å². The van der Waals surface area contributed by atoms with Gasteiger partial charge >= 0.3 is 6.36 Å². The summed E-state index contributed by atoms with van der Waals surface area (Å²) in [4.78, 5) is 24.5. The van der Waals surface area contributed by atoms with Crippen LogP contribution < -0.4 is 15.4 Å². The number of amides is 2. The lowest BCUT2D eigenvalue weighted by molar-refractivity contribution is -0.274. The first kappa shape index (κ1) is 19.4. The molecule has 2 aromatic rings. The molecule has 1 heterocycles. The van der Waals surface area contributed by atoms with Crippen LogP contribution in [0, 0.1) is 5.92 Å². The molecule has 0 saturated heterocycles. The Morgan fingerprint density at radius 2 is 1.77 bits per heavy atom. The maximum absolute atomic E-state index is 12.4. The number of nitrogens with one attached hydrogen (secondary N) is 2. The summed E-state index contributed by atoms with van der Waals surface area (Å²) >= 11 is 0. The molecule has 0 aliphatic heterocycles. The van der Waals surface area contributed by atoms with Gasteiger partial charge in [0.2, 0.25) is 5.91 Å². The Kier molecular flexibility index (Phi) is 5.91. The van der Waals surface area contributed by atoms with E-state index < -0.39 is 30.0 Å². The summed E-state index contributed by atoms with van der Waals surface area (Å²) in [5.74, 6) is -1.62. The third kappa shape index (κ3) is 5.54. The first-order valence-electron chi connectivity index (χ1n) is 7.67. The molecule has 0 saturated carbocycles. The van der Waals surface area contributed by atoms with Crippen LogP contribution in [0.3, 0.4) is 0 Å². The van der Waals surface area contributed by atoms with Gasteiger partial charge in [-0.15, -0.1) is 13.2 Å². The summed E-state index contributed by atoms with van der Waals surface area (Å²) in [6, 6.07) is 6.84. The van der Waals surface area contributed by atoms with Crippen LogP contribution in [0.5, 0.6) is 5.75 Å². The Morgan fingerprint density at radius 1 is 1.12 bits per heavy atom. The van der Waals surface area contributed by atoms with Crippen molar-refractivity contribution < 1.29 is 31.9 Å². The number of anilines is 1. The van der Waals surface area contributed by atoms with Crippen molar-refractivity contribution in [1.82, 2.24) is 5.32 Å². The normalized spacial score (nSPS) is 12.5. The van der Waals surface area contributed by atoms with Crippen molar-refractivity contribution in [2.24, 2.45) is 5.92 Å². The molecule has 0 unspecified atom stereocenters. The van der Waals surface area contributed by atoms with Gasteiger partial charge in [-0.2, -0.15) is 0 Å². The number of benzene rings is 1. The van der Waals surface area contributed by atoms with Gasteiger partial charge in [-0.05, 0) is 42.3 Å². The van der Waals surface area contributed by atoms with Crippen LogP contribution in [0.15, 0.2) is 47.1 Å². The molecule has 6 nitrogen and oxygen atoms in total. The van der Waals surface area contributed by atoms with Gasteiger partial charge in [0.25, 0.3) is 5.91 Å². The minimum atomic E-state index is -4.79. The number of furan rings is 1. The molecule has 0 bridgehead atoms. The van der Waals surface area contributed by atoms with Crippen LogP contribution in [0.1, 0.15) is 24.4 Å². The SMILES string of the molecule is CC(C)[C@H](NC(=O)c1ccco1)C(=O)Nc1ccc(OC(F)(F)F)cc1. The van der Waals surface area contributed by atoms with E-state index in [1.807, 2.05) is 0 Å². The second-order valence-electron chi connectivity index (χ2n) is 5.73. The molecule has 1 atom stereocenters. The number of hydrogen-bond acceptors (Lipinski definition) is 4. The molecular formula is C17H17F3N2O4. The van der Waals surface area contributed by atoms with E-state index in [-0.39, 0.29) is 17.4 Å². The van der Waals surface area contributed by atoms with Gasteiger partial charge in [-0.25, -0.2) is 0 Å². The van der Waals surface area contributed by atoms with Crippen molar-refractivity contribution in [3.05, 3.63) is 48.4 Å². The van der Waals surface area contributed by atoms with E-state index in [1.165, 1.54) is 24.5 Å². The molecule has 26 heavy (non-hydrogen) atoms. The summed E-state index contributed by atoms with van der Waals surface area (Å²) in [6.07, 6.45) is -3.45. The van der Waals surface area contributed by atoms with E-state index in [1.54, 1.807) is 19.9 Å². The number of carbonyl (C=O) groups is 2. The van der Waals surface area contributed by atoms with Gasteiger partial charge < -0.3 is 19.8 Å². The Balaban J connectivity index is 2.02. The Morgan fingerprint density at radius 3 is 2.27 bits per heavy atom. The first-order valence-corrected chi connectivity index (χ1v) is 7.67. The van der Waals surface area contributed by atoms with E-state index in [4.69, 9.17) is 4.42 Å². The van der Waals surface area contributed by atoms with Crippen LogP contribution in [-0.4, -0.2) is 24.2 Å². The van der Waals surface area contributed by atoms with Gasteiger partial charge in [0.15, 0.2) is 5.76 Å². The van der Waals surface area contributed by atoms with Crippen LogP contribution in [0.25, 0.3) is 0 Å². The Hall–Kier alpha value is -2.97. The number of halogens is 3. The smallest absolute Gasteiger partial charge is 0.459 e. The monoisotopic (exact) mass is 370 g/mol. The molecule has 2 amide bonds. The molecule has 9 heteroatoms. The van der Waals surface area contributed by atoms with Crippen molar-refractivity contribution in [3.8, 4) is 5.75 Å². The molecular weight excluding hydrogens is 353 g/mol. The molecule has 1 aromatic heterocycles. The molecule has 0 spiro atoms. The van der Waals surface area contributed by atoms with Gasteiger partial charge in [0.1, 0.15) is 11.8 Å². The lowest BCUT2D eigenvalue weighted by Crippen LogP contribution is -2.47. The second-order valence-corrected chi connectivity index (χ2v) is 5.73. The predicted octanol–water partition coefficient (Wildman–Crippen LogP) is 3.57. The van der Waals surface area contributed by atoms with E-state index >= 15 is 0 Å². The minimum absolute atomic E-state index is 0.0668. The predicted molar refractivity (Wildman–Crippen MR) is 86.6 cm³/mol. The second kappa shape index (κ2) is 7.94. The van der Waals surface area contributed by atoms with Crippen molar-refractivity contribution in [2.45, 2.75) is 26.3 Å². The summed E-state index contributed by atoms with van der Waals surface area (Å²) in [5.41, 5.74) is 0.266. The van der Waals surface area contributed by atoms with Crippen molar-refractivity contribution in [1.29, 1.82) is 0 Å². The third-order valence-corrected chi connectivity index (χ3v) is 3.34. The minimum Gasteiger partial charge on any atom is -0.459 e. The maximum atomic E-state index is 12.4. The van der Waals surface area contributed by atoms with Crippen LogP contribution in [-0.2, 0) is 4.79 Å². The number of rotatable bonds is 6. The molecule has 1 aromatic carbocycles. The zero-order valence-electron chi connectivity index (χ0n) is 14.0. The molecule has 0 aliphatic carbocycles. The van der Waals surface area contributed by atoms with Crippen LogP contribution >= 0.6 is 0 Å². The van der Waals surface area contributed by atoms with Gasteiger partial charge in [0, 0.05) is 5.69 Å². The summed E-state index contributed by atoms with van der Waals surface area (Å²) in [7, 11) is 0. The molecule has 0 radical (unpaired) electrons. The molecule has 0 aliphatic rings. The van der Waals surface area contributed by atoms with Gasteiger partial charge in [-0.1, -0.05) is 13.8 Å². The maximum Gasteiger partial charge on any atom is 0.573 e. The van der Waals surface area contributed by atoms with Crippen molar-refractivity contribution in [3.63, 3.8) is 0 Å². The average Bonchev–Trinajstić information content (AvgIpc) is 3.07. The van der Waals surface area contributed by atoms with Gasteiger partial charge in [-0.3, -0.25) is 9.59 Å². The number of hydrogen-bond donors (Lipinski definition) is 2. The van der Waals surface area contributed by atoms with Gasteiger partial charge in [0.05, 0.1) is 6.26 Å². The molecule has 140 valence electrons. The highest BCUT2D eigenvalue weighted by atomic mass is 19.4. The van der Waals surface area contributed by atoms with Crippen LogP contribution in [0.2, 0.25) is 0 Å². The molecule has 2 N–H and O–H groups in total. The third-order valence-electron chi connectivity index (χ3n) is 3.34. The zero-order chi connectivity index (χ0) is 19.3. The lowest BCUT2D eigenvalue weighted by atomic mass is 10.0. The number of ether oxygens (including phenoxy) is 1. The van der Waals surface area contributed by atoms with Crippen molar-refractivity contribution in [2.75, 3.05) is 5.32 Å². The number of alkyl halides is 3. The first-order chi connectivity index (χ1) is 12.2. The topological polar surface area (TPSA) is 80.6 Å². The number of carbonyl (C=O) groups excluding carboxylic acids is 2. The van der Waals surface area contributed by atoms with E-state index in [0.717, 1.165) is 12.1 Å². The summed E-state index contributed by atoms with van der Waals surface area (Å²) in [5, 5.41) is 5.11. The highest BCUT2D eigenvalue weighted by molar-refractivity contribution is 6.00. The highest BCUT2D eigenvalue weighted by Crippen LogP contribution is 2.24. The van der Waals surface area contributed by atoms with E-state index in [2.05, 4.69) is 15.4 Å². The zero-order valence-corrected chi connectivity index (χ0v) is 14.0. The fraction of sp³-hybridized carbons (Fsp3) is 0.294. The summed E-state index contributed by atoms with van der Waals surface area (Å²) in [6.45, 7) is 3.49. The quantitative estimate of drug-likeness (QED) is 0.815. The molecule has 2 rings (SSSR count).